The minimum absolute atomic E-state index is 0.0226. The van der Waals surface area contributed by atoms with Crippen LogP contribution in [-0.2, 0) is 4.79 Å². The number of halogens is 2. The third kappa shape index (κ3) is 4.40. The fourth-order valence-corrected chi connectivity index (χ4v) is 3.55. The third-order valence-electron chi connectivity index (χ3n) is 4.74. The van der Waals surface area contributed by atoms with Crippen LogP contribution >= 0.6 is 11.6 Å². The molecule has 1 N–H and O–H groups in total. The van der Waals surface area contributed by atoms with Gasteiger partial charge < -0.3 is 10.0 Å². The minimum atomic E-state index is -0.701. The fraction of sp³-hybridized carbons (Fsp3) is 0.227. The van der Waals surface area contributed by atoms with Crippen molar-refractivity contribution in [3.63, 3.8) is 0 Å². The van der Waals surface area contributed by atoms with E-state index in [1.165, 1.54) is 12.1 Å². The van der Waals surface area contributed by atoms with E-state index in [0.717, 1.165) is 17.7 Å². The maximum Gasteiger partial charge on any atom is 0.165 e. The summed E-state index contributed by atoms with van der Waals surface area (Å²) in [7, 11) is 1.91. The highest BCUT2D eigenvalue weighted by Crippen LogP contribution is 2.34. The molecule has 0 aliphatic carbocycles. The number of phenols is 1. The van der Waals surface area contributed by atoms with Gasteiger partial charge in [0.25, 0.3) is 0 Å². The first-order valence-electron chi connectivity index (χ1n) is 8.71. The molecule has 3 nitrogen and oxygen atoms in total. The number of nitrogens with zero attached hydrogens (tertiary/aromatic N) is 1. The molecular weight excluding hydrogens is 365 g/mol. The average Bonchev–Trinajstić information content (AvgIpc) is 2.62. The number of carbonyl (C=O) groups excluding carboxylic acids is 1. The van der Waals surface area contributed by atoms with E-state index in [2.05, 4.69) is 0 Å². The molecule has 2 aromatic carbocycles. The Morgan fingerprint density at radius 1 is 1.30 bits per heavy atom. The van der Waals surface area contributed by atoms with E-state index in [1.807, 2.05) is 49.4 Å². The largest absolute Gasteiger partial charge is 0.505 e. The number of phenolic OH excluding ortho intramolecular Hbond substituents is 1. The topological polar surface area (TPSA) is 40.5 Å². The lowest BCUT2D eigenvalue weighted by atomic mass is 9.83. The third-order valence-corrected chi connectivity index (χ3v) is 4.98. The first kappa shape index (κ1) is 19.2. The van der Waals surface area contributed by atoms with E-state index >= 15 is 0 Å². The molecule has 0 fully saturated rings. The highest BCUT2D eigenvalue weighted by Gasteiger charge is 2.23. The number of likely N-dealkylation sites (N-methyl/N-ethyl adjacent to an activating group) is 1. The summed E-state index contributed by atoms with van der Waals surface area (Å²) in [6, 6.07) is 9.74. The number of allylic oxidation sites excluding steroid dienone is 2. The maximum absolute atomic E-state index is 14.0. The number of aryl methyl sites for hydroxylation is 1. The molecule has 2 aromatic rings. The Morgan fingerprint density at radius 2 is 2.07 bits per heavy atom. The number of benzene rings is 2. The first-order chi connectivity index (χ1) is 12.8. The highest BCUT2D eigenvalue weighted by molar-refractivity contribution is 6.30. The molecule has 0 radical (unpaired) electrons. The Morgan fingerprint density at radius 3 is 2.74 bits per heavy atom. The van der Waals surface area contributed by atoms with Crippen molar-refractivity contribution in [2.45, 2.75) is 19.3 Å². The molecule has 1 unspecified atom stereocenters. The summed E-state index contributed by atoms with van der Waals surface area (Å²) in [4.78, 5) is 14.9. The highest BCUT2D eigenvalue weighted by atomic mass is 35.5. The van der Waals surface area contributed by atoms with Crippen molar-refractivity contribution in [3.05, 3.63) is 87.9 Å². The zero-order valence-electron chi connectivity index (χ0n) is 15.2. The molecule has 1 aliphatic heterocycles. The number of hydrogen-bond acceptors (Lipinski definition) is 3. The molecule has 1 heterocycles. The lowest BCUT2D eigenvalue weighted by molar-refractivity contribution is -0.115. The van der Waals surface area contributed by atoms with E-state index in [0.29, 0.717) is 16.2 Å². The van der Waals surface area contributed by atoms with Crippen LogP contribution in [0, 0.1) is 12.7 Å². The van der Waals surface area contributed by atoms with Gasteiger partial charge in [-0.2, -0.15) is 0 Å². The van der Waals surface area contributed by atoms with Crippen LogP contribution in [-0.4, -0.2) is 29.4 Å². The second-order valence-corrected chi connectivity index (χ2v) is 7.25. The molecule has 140 valence electrons. The van der Waals surface area contributed by atoms with Gasteiger partial charge in [0.1, 0.15) is 0 Å². The Hall–Kier alpha value is -2.59. The van der Waals surface area contributed by atoms with Crippen LogP contribution in [0.15, 0.2) is 60.3 Å². The fourth-order valence-electron chi connectivity index (χ4n) is 3.32. The van der Waals surface area contributed by atoms with Crippen LogP contribution in [0.4, 0.5) is 4.39 Å². The van der Waals surface area contributed by atoms with Crippen LogP contribution in [0.1, 0.15) is 29.0 Å². The van der Waals surface area contributed by atoms with Crippen LogP contribution in [0.2, 0.25) is 5.02 Å². The van der Waals surface area contributed by atoms with Crippen molar-refractivity contribution >= 4 is 17.4 Å². The summed E-state index contributed by atoms with van der Waals surface area (Å²) in [6.45, 7) is 2.68. The molecular formula is C22H21ClFNO2. The molecule has 1 atom stereocenters. The quantitative estimate of drug-likeness (QED) is 0.790. The number of Topliss-reactive ketones (excluding diaryl/α,β-unsaturated/α-hetero) is 1. The normalized spacial score (nSPS) is 14.8. The van der Waals surface area contributed by atoms with Gasteiger partial charge in [0.15, 0.2) is 17.3 Å². The molecule has 27 heavy (non-hydrogen) atoms. The lowest BCUT2D eigenvalue weighted by Crippen LogP contribution is -2.19. The van der Waals surface area contributed by atoms with Gasteiger partial charge >= 0.3 is 0 Å². The molecule has 0 amide bonds. The first-order valence-corrected chi connectivity index (χ1v) is 9.09. The SMILES string of the molecule is Cc1cc(Cl)ccc1C(CC(=O)C1=CN(C)CC=C1)c1ccc(O)c(F)c1. The van der Waals surface area contributed by atoms with Gasteiger partial charge in [0.05, 0.1) is 0 Å². The van der Waals surface area contributed by atoms with Crippen molar-refractivity contribution in [1.82, 2.24) is 4.90 Å². The second kappa shape index (κ2) is 7.97. The zero-order valence-corrected chi connectivity index (χ0v) is 16.0. The van der Waals surface area contributed by atoms with E-state index in [-0.39, 0.29) is 18.1 Å². The van der Waals surface area contributed by atoms with Crippen LogP contribution < -0.4 is 0 Å². The summed E-state index contributed by atoms with van der Waals surface area (Å²) < 4.78 is 14.0. The van der Waals surface area contributed by atoms with Crippen molar-refractivity contribution in [2.75, 3.05) is 13.6 Å². The van der Waals surface area contributed by atoms with Crippen molar-refractivity contribution in [3.8, 4) is 5.75 Å². The molecule has 5 heteroatoms. The van der Waals surface area contributed by atoms with Crippen molar-refractivity contribution in [1.29, 1.82) is 0 Å². The van der Waals surface area contributed by atoms with Gasteiger partial charge in [-0.15, -0.1) is 0 Å². The standard InChI is InChI=1S/C22H21ClFNO2/c1-14-10-17(23)6-7-18(14)19(15-5-8-21(26)20(24)11-15)12-22(27)16-4-3-9-25(2)13-16/h3-8,10-11,13,19,26H,9,12H2,1-2H3. The number of carbonyl (C=O) groups is 1. The van der Waals surface area contributed by atoms with Crippen LogP contribution in [0.5, 0.6) is 5.75 Å². The zero-order chi connectivity index (χ0) is 19.6. The summed E-state index contributed by atoms with van der Waals surface area (Å²) >= 11 is 6.07. The van der Waals surface area contributed by atoms with Crippen LogP contribution in [0.25, 0.3) is 0 Å². The summed E-state index contributed by atoms with van der Waals surface area (Å²) in [5.74, 6) is -1.47. The predicted octanol–water partition coefficient (Wildman–Crippen LogP) is 4.97. The number of aromatic hydroxyl groups is 1. The lowest BCUT2D eigenvalue weighted by Gasteiger charge is -2.22. The predicted molar refractivity (Wildman–Crippen MR) is 106 cm³/mol. The smallest absolute Gasteiger partial charge is 0.165 e. The Kier molecular flexibility index (Phi) is 5.66. The average molecular weight is 386 g/mol. The van der Waals surface area contributed by atoms with E-state index in [4.69, 9.17) is 11.6 Å². The van der Waals surface area contributed by atoms with Crippen molar-refractivity contribution in [2.24, 2.45) is 0 Å². The van der Waals surface area contributed by atoms with Crippen molar-refractivity contribution < 1.29 is 14.3 Å². The molecule has 0 saturated carbocycles. The molecule has 1 aliphatic rings. The summed E-state index contributed by atoms with van der Waals surface area (Å²) in [6.07, 6.45) is 5.78. The van der Waals surface area contributed by atoms with E-state index in [9.17, 15) is 14.3 Å². The molecule has 0 saturated heterocycles. The molecule has 0 bridgehead atoms. The Labute approximate surface area is 163 Å². The van der Waals surface area contributed by atoms with Crippen LogP contribution in [0.3, 0.4) is 0 Å². The maximum atomic E-state index is 14.0. The van der Waals surface area contributed by atoms with E-state index in [1.54, 1.807) is 12.1 Å². The molecule has 0 spiro atoms. The molecule has 3 rings (SSSR count). The number of ketones is 1. The second-order valence-electron chi connectivity index (χ2n) is 6.82. The van der Waals surface area contributed by atoms with Gasteiger partial charge in [0, 0.05) is 42.7 Å². The number of rotatable bonds is 5. The van der Waals surface area contributed by atoms with E-state index < -0.39 is 11.6 Å². The van der Waals surface area contributed by atoms with Gasteiger partial charge in [0.2, 0.25) is 0 Å². The molecule has 0 aromatic heterocycles. The van der Waals surface area contributed by atoms with Gasteiger partial charge in [-0.05, 0) is 47.9 Å². The van der Waals surface area contributed by atoms with Gasteiger partial charge in [-0.25, -0.2) is 4.39 Å². The van der Waals surface area contributed by atoms with Gasteiger partial charge in [-0.3, -0.25) is 4.79 Å². The minimum Gasteiger partial charge on any atom is -0.505 e. The number of hydrogen-bond donors (Lipinski definition) is 1. The monoisotopic (exact) mass is 385 g/mol. The summed E-state index contributed by atoms with van der Waals surface area (Å²) in [5.41, 5.74) is 3.10. The summed E-state index contributed by atoms with van der Waals surface area (Å²) in [5, 5.41) is 10.1. The Balaban J connectivity index is 2.00. The Bertz CT molecular complexity index is 936. The van der Waals surface area contributed by atoms with Gasteiger partial charge in [-0.1, -0.05) is 35.9 Å².